The van der Waals surface area contributed by atoms with Gasteiger partial charge in [0.15, 0.2) is 13.6 Å². The van der Waals surface area contributed by atoms with E-state index >= 15 is 0 Å². The minimum absolute atomic E-state index is 0.0427. The van der Waals surface area contributed by atoms with Crippen LogP contribution in [0.2, 0.25) is 0 Å². The molecule has 61 valence electrons. The summed E-state index contributed by atoms with van der Waals surface area (Å²) in [6.07, 6.45) is 0. The van der Waals surface area contributed by atoms with Crippen LogP contribution in [0.4, 0.5) is 0 Å². The van der Waals surface area contributed by atoms with Crippen LogP contribution in [0.3, 0.4) is 0 Å². The van der Waals surface area contributed by atoms with E-state index in [-0.39, 0.29) is 13.6 Å². The highest BCUT2D eigenvalue weighted by molar-refractivity contribution is 7.33. The van der Waals surface area contributed by atoms with Crippen LogP contribution in [0.15, 0.2) is 0 Å². The average molecular weight is 169 g/mol. The van der Waals surface area contributed by atoms with Gasteiger partial charge in [-0.25, -0.2) is 4.57 Å². The summed E-state index contributed by atoms with van der Waals surface area (Å²) in [5.41, 5.74) is 0. The molecule has 0 aliphatic heterocycles. The Morgan fingerprint density at radius 2 is 1.50 bits per heavy atom. The summed E-state index contributed by atoms with van der Waals surface area (Å²) < 4.78 is 28.4. The first-order valence-corrected chi connectivity index (χ1v) is 3.61. The van der Waals surface area contributed by atoms with E-state index in [1.807, 2.05) is 0 Å². The molecule has 0 heterocycles. The summed E-state index contributed by atoms with van der Waals surface area (Å²) in [4.78, 5) is 0. The van der Waals surface area contributed by atoms with E-state index in [0.717, 1.165) is 0 Å². The van der Waals surface area contributed by atoms with Gasteiger partial charge in [0, 0.05) is 14.2 Å². The minimum atomic E-state index is -2.09. The lowest BCUT2D eigenvalue weighted by Gasteiger charge is -1.99. The van der Waals surface area contributed by atoms with Gasteiger partial charge in [0.1, 0.15) is 0 Å². The summed E-state index contributed by atoms with van der Waals surface area (Å²) in [7, 11) is 0.768. The molecule has 0 amide bonds. The summed E-state index contributed by atoms with van der Waals surface area (Å²) in [6.45, 7) is -0.0855. The first-order valence-electron chi connectivity index (χ1n) is 2.52. The Labute approximate surface area is 60.2 Å². The van der Waals surface area contributed by atoms with Gasteiger partial charge in [-0.3, -0.25) is 9.05 Å². The van der Waals surface area contributed by atoms with Crippen molar-refractivity contribution in [2.45, 2.75) is 0 Å². The summed E-state index contributed by atoms with van der Waals surface area (Å²) >= 11 is 0. The lowest BCUT2D eigenvalue weighted by molar-refractivity contribution is 0.0119. The molecule has 0 aliphatic carbocycles. The SMILES string of the molecule is COCO[P](=O)OCOC. The largest absolute Gasteiger partial charge is 0.373 e. The maximum atomic E-state index is 10.5. The van der Waals surface area contributed by atoms with E-state index in [2.05, 4.69) is 18.5 Å². The zero-order valence-electron chi connectivity index (χ0n) is 5.90. The van der Waals surface area contributed by atoms with E-state index < -0.39 is 8.25 Å². The second-order valence-electron chi connectivity index (χ2n) is 1.29. The molecular formula is C4H10O5P. The number of ether oxygens (including phenoxy) is 2. The van der Waals surface area contributed by atoms with Crippen LogP contribution in [-0.2, 0) is 23.1 Å². The normalized spacial score (nSPS) is 9.80. The van der Waals surface area contributed by atoms with Crippen LogP contribution in [0.5, 0.6) is 0 Å². The molecule has 0 unspecified atom stereocenters. The van der Waals surface area contributed by atoms with Crippen molar-refractivity contribution in [3.8, 4) is 0 Å². The van der Waals surface area contributed by atoms with Gasteiger partial charge in [0.05, 0.1) is 0 Å². The first kappa shape index (κ1) is 9.94. The first-order chi connectivity index (χ1) is 4.81. The third-order valence-corrected chi connectivity index (χ3v) is 1.18. The van der Waals surface area contributed by atoms with E-state index in [0.29, 0.717) is 0 Å². The fourth-order valence-corrected chi connectivity index (χ4v) is 0.686. The van der Waals surface area contributed by atoms with Crippen LogP contribution in [0.25, 0.3) is 0 Å². The molecule has 0 atom stereocenters. The molecule has 0 aliphatic rings. The summed E-state index contributed by atoms with van der Waals surface area (Å²) in [5.74, 6) is 0. The monoisotopic (exact) mass is 169 g/mol. The van der Waals surface area contributed by atoms with Crippen molar-refractivity contribution >= 4 is 8.25 Å². The molecule has 0 aromatic heterocycles. The molecule has 5 nitrogen and oxygen atoms in total. The van der Waals surface area contributed by atoms with Crippen molar-refractivity contribution in [2.24, 2.45) is 0 Å². The predicted octanol–water partition coefficient (Wildman–Crippen LogP) is 0.885. The van der Waals surface area contributed by atoms with Crippen molar-refractivity contribution in [1.82, 2.24) is 0 Å². The highest BCUT2D eigenvalue weighted by Crippen LogP contribution is 2.22. The van der Waals surface area contributed by atoms with Gasteiger partial charge in [-0.15, -0.1) is 0 Å². The highest BCUT2D eigenvalue weighted by Gasteiger charge is 1.99. The maximum Gasteiger partial charge on any atom is 0.373 e. The number of hydrogen-bond donors (Lipinski definition) is 0. The quantitative estimate of drug-likeness (QED) is 0.436. The van der Waals surface area contributed by atoms with E-state index in [9.17, 15) is 4.57 Å². The van der Waals surface area contributed by atoms with Gasteiger partial charge in [0.25, 0.3) is 0 Å². The molecular weight excluding hydrogens is 159 g/mol. The number of hydrogen-bond acceptors (Lipinski definition) is 5. The van der Waals surface area contributed by atoms with Gasteiger partial charge in [0.2, 0.25) is 0 Å². The second kappa shape index (κ2) is 7.05. The molecule has 0 spiro atoms. The van der Waals surface area contributed by atoms with Crippen molar-refractivity contribution in [2.75, 3.05) is 27.8 Å². The second-order valence-corrected chi connectivity index (χ2v) is 2.26. The van der Waals surface area contributed by atoms with Crippen molar-refractivity contribution in [3.05, 3.63) is 0 Å². The Bertz CT molecular complexity index is 85.6. The molecule has 0 saturated carbocycles. The molecule has 6 heteroatoms. The van der Waals surface area contributed by atoms with Gasteiger partial charge in [-0.05, 0) is 0 Å². The molecule has 0 fully saturated rings. The van der Waals surface area contributed by atoms with Crippen LogP contribution in [0, 0.1) is 0 Å². The van der Waals surface area contributed by atoms with Gasteiger partial charge >= 0.3 is 8.25 Å². The maximum absolute atomic E-state index is 10.5. The molecule has 10 heavy (non-hydrogen) atoms. The Hall–Kier alpha value is -0.0600. The Morgan fingerprint density at radius 1 is 1.10 bits per heavy atom. The molecule has 0 aromatic carbocycles. The highest BCUT2D eigenvalue weighted by atomic mass is 31.1. The molecule has 1 radical (unpaired) electrons. The third-order valence-electron chi connectivity index (χ3n) is 0.552. The number of methoxy groups -OCH3 is 2. The molecule has 0 aromatic rings. The molecule has 0 rings (SSSR count). The lowest BCUT2D eigenvalue weighted by Crippen LogP contribution is -1.93. The Balaban J connectivity index is 3.09. The molecule has 0 saturated heterocycles. The Kier molecular flexibility index (Phi) is 7.01. The topological polar surface area (TPSA) is 54.0 Å². The van der Waals surface area contributed by atoms with Crippen LogP contribution >= 0.6 is 8.25 Å². The van der Waals surface area contributed by atoms with Crippen LogP contribution in [0.1, 0.15) is 0 Å². The fraction of sp³-hybridized carbons (Fsp3) is 1.00. The van der Waals surface area contributed by atoms with Crippen molar-refractivity contribution in [1.29, 1.82) is 0 Å². The smallest absolute Gasteiger partial charge is 0.358 e. The zero-order valence-corrected chi connectivity index (χ0v) is 6.80. The summed E-state index contributed by atoms with van der Waals surface area (Å²) in [5, 5.41) is 0. The average Bonchev–Trinajstić information content (AvgIpc) is 1.97. The lowest BCUT2D eigenvalue weighted by atomic mass is 11.4. The van der Waals surface area contributed by atoms with Gasteiger partial charge < -0.3 is 9.47 Å². The Morgan fingerprint density at radius 3 is 1.80 bits per heavy atom. The third kappa shape index (κ3) is 6.07. The molecule has 0 bridgehead atoms. The minimum Gasteiger partial charge on any atom is -0.358 e. The van der Waals surface area contributed by atoms with Crippen LogP contribution in [-0.4, -0.2) is 27.8 Å². The van der Waals surface area contributed by atoms with E-state index in [1.165, 1.54) is 14.2 Å². The van der Waals surface area contributed by atoms with Crippen LogP contribution < -0.4 is 0 Å². The van der Waals surface area contributed by atoms with Gasteiger partial charge in [-0.2, -0.15) is 0 Å². The van der Waals surface area contributed by atoms with Gasteiger partial charge in [-0.1, -0.05) is 0 Å². The molecule has 0 N–H and O–H groups in total. The zero-order chi connectivity index (χ0) is 7.82. The fourth-order valence-electron chi connectivity index (χ4n) is 0.229. The van der Waals surface area contributed by atoms with Crippen molar-refractivity contribution < 1.29 is 23.1 Å². The van der Waals surface area contributed by atoms with E-state index in [4.69, 9.17) is 0 Å². The summed E-state index contributed by atoms with van der Waals surface area (Å²) in [6, 6.07) is 0. The van der Waals surface area contributed by atoms with E-state index in [1.54, 1.807) is 0 Å². The standard InChI is InChI=1S/C4H10O5P/c1-6-3-8-10(5)9-4-7-2/h3-4H2,1-2H3. The number of rotatable bonds is 6. The predicted molar refractivity (Wildman–Crippen MR) is 33.5 cm³/mol. The van der Waals surface area contributed by atoms with Crippen molar-refractivity contribution in [3.63, 3.8) is 0 Å².